The summed E-state index contributed by atoms with van der Waals surface area (Å²) in [7, 11) is -4.16. The summed E-state index contributed by atoms with van der Waals surface area (Å²) in [6.07, 6.45) is 1.51. The first kappa shape index (κ1) is 19.2. The molecule has 2 atom stereocenters. The fourth-order valence-electron chi connectivity index (χ4n) is 3.27. The van der Waals surface area contributed by atoms with Gasteiger partial charge in [0.25, 0.3) is 0 Å². The number of aliphatic carboxylic acids is 1. The van der Waals surface area contributed by atoms with E-state index >= 15 is 0 Å². The van der Waals surface area contributed by atoms with Crippen LogP contribution in [0.15, 0.2) is 65.7 Å². The van der Waals surface area contributed by atoms with E-state index in [1.165, 1.54) is 24.0 Å². The highest BCUT2D eigenvalue weighted by atomic mass is 35.5. The molecule has 0 amide bonds. The van der Waals surface area contributed by atoms with E-state index < -0.39 is 27.4 Å². The SMILES string of the molecule is O=C(O)C1CSC(c2ccccc2Cl)N1S(=O)(=O)c1cccc2cccnc12. The quantitative estimate of drug-likeness (QED) is 0.672. The van der Waals surface area contributed by atoms with Crippen molar-refractivity contribution in [3.63, 3.8) is 0 Å². The van der Waals surface area contributed by atoms with Crippen molar-refractivity contribution in [2.24, 2.45) is 0 Å². The molecule has 0 radical (unpaired) electrons. The van der Waals surface area contributed by atoms with Gasteiger partial charge in [-0.3, -0.25) is 9.78 Å². The number of carboxylic acid groups (broad SMARTS) is 1. The van der Waals surface area contributed by atoms with Gasteiger partial charge in [-0.25, -0.2) is 8.42 Å². The van der Waals surface area contributed by atoms with Crippen LogP contribution in [0, 0.1) is 0 Å². The lowest BCUT2D eigenvalue weighted by atomic mass is 10.2. The second kappa shape index (κ2) is 7.36. The minimum absolute atomic E-state index is 0.0172. The van der Waals surface area contributed by atoms with E-state index in [2.05, 4.69) is 4.98 Å². The second-order valence-electron chi connectivity index (χ2n) is 6.23. The zero-order valence-corrected chi connectivity index (χ0v) is 16.8. The topological polar surface area (TPSA) is 87.6 Å². The standard InChI is InChI=1S/C19H15ClN2O4S2/c20-14-8-2-1-7-13(14)18-22(15(11-27-18)19(23)24)28(25,26)16-9-3-5-12-6-4-10-21-17(12)16/h1-10,15,18H,11H2,(H,23,24). The smallest absolute Gasteiger partial charge is 0.322 e. The predicted molar refractivity (Wildman–Crippen MR) is 109 cm³/mol. The van der Waals surface area contributed by atoms with E-state index in [-0.39, 0.29) is 10.6 Å². The lowest BCUT2D eigenvalue weighted by molar-refractivity contribution is -0.140. The van der Waals surface area contributed by atoms with Crippen LogP contribution in [-0.2, 0) is 14.8 Å². The monoisotopic (exact) mass is 434 g/mol. The Morgan fingerprint density at radius 1 is 1.14 bits per heavy atom. The molecule has 0 bridgehead atoms. The molecule has 0 spiro atoms. The first-order chi connectivity index (χ1) is 13.4. The van der Waals surface area contributed by atoms with Crippen molar-refractivity contribution in [2.75, 3.05) is 5.75 Å². The van der Waals surface area contributed by atoms with E-state index in [9.17, 15) is 18.3 Å². The maximum absolute atomic E-state index is 13.6. The van der Waals surface area contributed by atoms with Gasteiger partial charge in [0.05, 0.1) is 10.9 Å². The molecule has 1 aliphatic rings. The van der Waals surface area contributed by atoms with E-state index in [4.69, 9.17) is 11.6 Å². The fraction of sp³-hybridized carbons (Fsp3) is 0.158. The highest BCUT2D eigenvalue weighted by Gasteiger charge is 2.48. The van der Waals surface area contributed by atoms with Crippen molar-refractivity contribution in [3.8, 4) is 0 Å². The largest absolute Gasteiger partial charge is 0.480 e. The number of aromatic nitrogens is 1. The van der Waals surface area contributed by atoms with Crippen LogP contribution < -0.4 is 0 Å². The summed E-state index contributed by atoms with van der Waals surface area (Å²) in [6.45, 7) is 0. The Balaban J connectivity index is 1.91. The zero-order valence-electron chi connectivity index (χ0n) is 14.4. The Kier molecular flexibility index (Phi) is 5.05. The van der Waals surface area contributed by atoms with E-state index in [1.807, 2.05) is 0 Å². The number of carboxylic acids is 1. The third-order valence-electron chi connectivity index (χ3n) is 4.56. The number of thioether (sulfide) groups is 1. The number of hydrogen-bond donors (Lipinski definition) is 1. The van der Waals surface area contributed by atoms with Crippen LogP contribution in [0.3, 0.4) is 0 Å². The molecule has 2 heterocycles. The van der Waals surface area contributed by atoms with E-state index in [0.29, 0.717) is 21.5 Å². The Morgan fingerprint density at radius 3 is 2.64 bits per heavy atom. The number of benzene rings is 2. The number of halogens is 1. The molecule has 0 aliphatic carbocycles. The van der Waals surface area contributed by atoms with Crippen LogP contribution in [0.4, 0.5) is 0 Å². The van der Waals surface area contributed by atoms with Gasteiger partial charge in [0.15, 0.2) is 0 Å². The van der Waals surface area contributed by atoms with Crippen molar-refractivity contribution < 1.29 is 18.3 Å². The van der Waals surface area contributed by atoms with Gasteiger partial charge in [-0.1, -0.05) is 48.0 Å². The first-order valence-electron chi connectivity index (χ1n) is 8.37. The summed E-state index contributed by atoms with van der Waals surface area (Å²) in [5.74, 6) is -1.07. The number of fused-ring (bicyclic) bond motifs is 1. The summed E-state index contributed by atoms with van der Waals surface area (Å²) < 4.78 is 28.3. The van der Waals surface area contributed by atoms with Crippen LogP contribution in [-0.4, -0.2) is 40.6 Å². The molecule has 3 aromatic rings. The average molecular weight is 435 g/mol. The first-order valence-corrected chi connectivity index (χ1v) is 11.2. The van der Waals surface area contributed by atoms with Crippen LogP contribution >= 0.6 is 23.4 Å². The highest BCUT2D eigenvalue weighted by Crippen LogP contribution is 2.47. The highest BCUT2D eigenvalue weighted by molar-refractivity contribution is 8.01. The van der Waals surface area contributed by atoms with Gasteiger partial charge in [-0.2, -0.15) is 4.31 Å². The maximum atomic E-state index is 13.6. The Labute approximate surface area is 171 Å². The molecule has 2 aromatic carbocycles. The molecule has 2 unspecified atom stereocenters. The molecule has 1 N–H and O–H groups in total. The Hall–Kier alpha value is -2.13. The van der Waals surface area contributed by atoms with Crippen molar-refractivity contribution >= 4 is 50.3 Å². The van der Waals surface area contributed by atoms with Gasteiger partial charge >= 0.3 is 5.97 Å². The van der Waals surface area contributed by atoms with E-state index in [1.54, 1.807) is 48.5 Å². The van der Waals surface area contributed by atoms with Gasteiger partial charge in [0, 0.05) is 22.4 Å². The van der Waals surface area contributed by atoms with Crippen molar-refractivity contribution in [3.05, 3.63) is 71.4 Å². The van der Waals surface area contributed by atoms with Gasteiger partial charge in [-0.05, 0) is 23.8 Å². The number of rotatable bonds is 4. The maximum Gasteiger partial charge on any atom is 0.322 e. The van der Waals surface area contributed by atoms with Gasteiger partial charge in [0.1, 0.15) is 10.9 Å². The fourth-order valence-corrected chi connectivity index (χ4v) is 7.29. The molecule has 28 heavy (non-hydrogen) atoms. The third kappa shape index (κ3) is 3.16. The molecule has 4 rings (SSSR count). The molecule has 1 saturated heterocycles. The summed E-state index contributed by atoms with van der Waals surface area (Å²) >= 11 is 7.54. The lowest BCUT2D eigenvalue weighted by Gasteiger charge is -2.27. The van der Waals surface area contributed by atoms with Gasteiger partial charge < -0.3 is 5.11 Å². The molecule has 144 valence electrons. The number of pyridine rings is 1. The van der Waals surface area contributed by atoms with Crippen LogP contribution in [0.2, 0.25) is 5.02 Å². The number of carbonyl (C=O) groups is 1. The number of sulfonamides is 1. The molecule has 0 saturated carbocycles. The second-order valence-corrected chi connectivity index (χ2v) is 9.56. The number of para-hydroxylation sites is 1. The minimum Gasteiger partial charge on any atom is -0.480 e. The molecule has 9 heteroatoms. The van der Waals surface area contributed by atoms with Crippen LogP contribution in [0.25, 0.3) is 10.9 Å². The summed E-state index contributed by atoms with van der Waals surface area (Å²) in [5, 5.41) is 9.99. The Bertz CT molecular complexity index is 1160. The minimum atomic E-state index is -4.16. The molecule has 1 aromatic heterocycles. The molecular weight excluding hydrogens is 420 g/mol. The van der Waals surface area contributed by atoms with Gasteiger partial charge in [-0.15, -0.1) is 11.8 Å². The molecule has 6 nitrogen and oxygen atoms in total. The van der Waals surface area contributed by atoms with Gasteiger partial charge in [0.2, 0.25) is 10.0 Å². The summed E-state index contributed by atoms with van der Waals surface area (Å²) in [5.41, 5.74) is 0.874. The van der Waals surface area contributed by atoms with E-state index in [0.717, 1.165) is 4.31 Å². The number of nitrogens with zero attached hydrogens (tertiary/aromatic N) is 2. The lowest BCUT2D eigenvalue weighted by Crippen LogP contribution is -2.43. The number of hydrogen-bond acceptors (Lipinski definition) is 5. The molecular formula is C19H15ClN2O4S2. The normalized spacial score (nSPS) is 20.5. The average Bonchev–Trinajstić information content (AvgIpc) is 3.14. The van der Waals surface area contributed by atoms with Crippen LogP contribution in [0.5, 0.6) is 0 Å². The van der Waals surface area contributed by atoms with Crippen molar-refractivity contribution in [1.82, 2.24) is 9.29 Å². The Morgan fingerprint density at radius 2 is 1.89 bits per heavy atom. The molecule has 1 fully saturated rings. The van der Waals surface area contributed by atoms with Crippen LogP contribution in [0.1, 0.15) is 10.9 Å². The van der Waals surface area contributed by atoms with Crippen molar-refractivity contribution in [2.45, 2.75) is 16.3 Å². The predicted octanol–water partition coefficient (Wildman–Crippen LogP) is 3.78. The zero-order chi connectivity index (χ0) is 19.9. The van der Waals surface area contributed by atoms with Crippen molar-refractivity contribution in [1.29, 1.82) is 0 Å². The molecule has 1 aliphatic heterocycles. The summed E-state index contributed by atoms with van der Waals surface area (Å²) in [6, 6.07) is 14.0. The third-order valence-corrected chi connectivity index (χ3v) is 8.25. The summed E-state index contributed by atoms with van der Waals surface area (Å²) in [4.78, 5) is 16.0.